The van der Waals surface area contributed by atoms with Crippen molar-refractivity contribution in [3.05, 3.63) is 53.2 Å². The molecule has 0 amide bonds. The number of benzene rings is 1. The van der Waals surface area contributed by atoms with E-state index >= 15 is 0 Å². The van der Waals surface area contributed by atoms with E-state index in [0.717, 1.165) is 5.82 Å². The normalized spacial score (nSPS) is 13.6. The fraction of sp³-hybridized carbons (Fsp3) is 0.389. The van der Waals surface area contributed by atoms with Gasteiger partial charge in [0, 0.05) is 18.9 Å². The molecule has 0 atom stereocenters. The average molecular weight is 266 g/mol. The van der Waals surface area contributed by atoms with E-state index in [4.69, 9.17) is 0 Å². The Morgan fingerprint density at radius 2 is 1.85 bits per heavy atom. The minimum atomic E-state index is 0.529. The molecule has 104 valence electrons. The molecule has 2 aromatic rings. The average Bonchev–Trinajstić information content (AvgIpc) is 2.94. The molecular weight excluding hydrogens is 244 g/mol. The maximum atomic E-state index is 4.60. The quantitative estimate of drug-likeness (QED) is 0.815. The number of aryl methyl sites for hydroxylation is 2. The van der Waals surface area contributed by atoms with E-state index in [1.54, 1.807) is 0 Å². The summed E-state index contributed by atoms with van der Waals surface area (Å²) in [7, 11) is 2.09. The van der Waals surface area contributed by atoms with E-state index in [1.807, 2.05) is 6.20 Å². The minimum absolute atomic E-state index is 0.529. The molecule has 0 spiro atoms. The third kappa shape index (κ3) is 2.43. The van der Waals surface area contributed by atoms with Gasteiger partial charge in [0.25, 0.3) is 0 Å². The van der Waals surface area contributed by atoms with Crippen LogP contribution in [0, 0.1) is 0 Å². The number of hydrogen-bond acceptors (Lipinski definition) is 2. The lowest BCUT2D eigenvalue weighted by Gasteiger charge is -2.20. The van der Waals surface area contributed by atoms with Crippen LogP contribution in [0.3, 0.4) is 0 Å². The smallest absolute Gasteiger partial charge is 0.132 e. The third-order valence-electron chi connectivity index (χ3n) is 4.25. The maximum absolute atomic E-state index is 4.60. The summed E-state index contributed by atoms with van der Waals surface area (Å²) < 4.78 is 0. The Kier molecular flexibility index (Phi) is 3.47. The molecule has 0 unspecified atom stereocenters. The monoisotopic (exact) mass is 266 g/mol. The summed E-state index contributed by atoms with van der Waals surface area (Å²) in [6, 6.07) is 11.1. The molecule has 2 nitrogen and oxygen atoms in total. The van der Waals surface area contributed by atoms with Crippen molar-refractivity contribution < 1.29 is 0 Å². The number of hydrogen-bond donors (Lipinski definition) is 0. The Morgan fingerprint density at radius 1 is 1.05 bits per heavy atom. The van der Waals surface area contributed by atoms with Crippen molar-refractivity contribution in [1.82, 2.24) is 4.98 Å². The molecule has 3 rings (SSSR count). The van der Waals surface area contributed by atoms with E-state index in [-0.39, 0.29) is 0 Å². The SMILES string of the molecule is CC(C)c1ccc(N(C)c2ccc3c(c2)CCC3)nc1. The molecule has 20 heavy (non-hydrogen) atoms. The second-order valence-electron chi connectivity index (χ2n) is 5.97. The van der Waals surface area contributed by atoms with Crippen LogP contribution < -0.4 is 4.90 Å². The van der Waals surface area contributed by atoms with Gasteiger partial charge in [-0.15, -0.1) is 0 Å². The fourth-order valence-corrected chi connectivity index (χ4v) is 2.84. The van der Waals surface area contributed by atoms with Crippen LogP contribution in [0.15, 0.2) is 36.5 Å². The molecule has 0 fully saturated rings. The number of pyridine rings is 1. The highest BCUT2D eigenvalue weighted by Crippen LogP contribution is 2.29. The predicted molar refractivity (Wildman–Crippen MR) is 84.9 cm³/mol. The van der Waals surface area contributed by atoms with Crippen LogP contribution in [0.5, 0.6) is 0 Å². The van der Waals surface area contributed by atoms with Crippen LogP contribution in [0.2, 0.25) is 0 Å². The van der Waals surface area contributed by atoms with Gasteiger partial charge in [0.1, 0.15) is 5.82 Å². The van der Waals surface area contributed by atoms with Crippen molar-refractivity contribution in [2.24, 2.45) is 0 Å². The van der Waals surface area contributed by atoms with Crippen LogP contribution in [-0.2, 0) is 12.8 Å². The van der Waals surface area contributed by atoms with Crippen LogP contribution in [0.25, 0.3) is 0 Å². The first-order valence-electron chi connectivity index (χ1n) is 7.46. The van der Waals surface area contributed by atoms with Gasteiger partial charge in [-0.25, -0.2) is 4.98 Å². The summed E-state index contributed by atoms with van der Waals surface area (Å²) in [6.45, 7) is 4.39. The lowest BCUT2D eigenvalue weighted by Crippen LogP contribution is -2.11. The Balaban J connectivity index is 1.86. The van der Waals surface area contributed by atoms with Crippen LogP contribution >= 0.6 is 0 Å². The van der Waals surface area contributed by atoms with Gasteiger partial charge in [0.15, 0.2) is 0 Å². The molecule has 0 bridgehead atoms. The minimum Gasteiger partial charge on any atom is -0.329 e. The molecule has 0 radical (unpaired) electrons. The van der Waals surface area contributed by atoms with Crippen LogP contribution in [0.4, 0.5) is 11.5 Å². The number of nitrogens with zero attached hydrogens (tertiary/aromatic N) is 2. The van der Waals surface area contributed by atoms with Gasteiger partial charge in [-0.2, -0.15) is 0 Å². The fourth-order valence-electron chi connectivity index (χ4n) is 2.84. The third-order valence-corrected chi connectivity index (χ3v) is 4.25. The van der Waals surface area contributed by atoms with E-state index in [1.165, 1.54) is 41.6 Å². The summed E-state index contributed by atoms with van der Waals surface area (Å²) in [6.07, 6.45) is 5.74. The zero-order valence-corrected chi connectivity index (χ0v) is 12.6. The Labute approximate surface area is 121 Å². The summed E-state index contributed by atoms with van der Waals surface area (Å²) >= 11 is 0. The highest BCUT2D eigenvalue weighted by atomic mass is 15.2. The van der Waals surface area contributed by atoms with Gasteiger partial charge in [0.05, 0.1) is 0 Å². The van der Waals surface area contributed by atoms with E-state index in [9.17, 15) is 0 Å². The summed E-state index contributed by atoms with van der Waals surface area (Å²) in [5.41, 5.74) is 5.55. The molecule has 0 saturated heterocycles. The molecule has 1 aromatic carbocycles. The topological polar surface area (TPSA) is 16.1 Å². The predicted octanol–water partition coefficient (Wildman–Crippen LogP) is 4.46. The van der Waals surface area contributed by atoms with Gasteiger partial charge in [-0.1, -0.05) is 26.0 Å². The standard InChI is InChI=1S/C18H22N2/c1-13(2)16-8-10-18(19-12-16)20(3)17-9-7-14-5-4-6-15(14)11-17/h7-13H,4-6H2,1-3H3. The van der Waals surface area contributed by atoms with E-state index in [0.29, 0.717) is 5.92 Å². The molecule has 1 aliphatic rings. The molecular formula is C18H22N2. The maximum Gasteiger partial charge on any atom is 0.132 e. The summed E-state index contributed by atoms with van der Waals surface area (Å²) in [5, 5.41) is 0. The molecule has 0 N–H and O–H groups in total. The number of rotatable bonds is 3. The highest BCUT2D eigenvalue weighted by Gasteiger charge is 2.13. The summed E-state index contributed by atoms with van der Waals surface area (Å²) in [4.78, 5) is 6.77. The number of anilines is 2. The van der Waals surface area contributed by atoms with Gasteiger partial charge in [0.2, 0.25) is 0 Å². The molecule has 0 saturated carbocycles. The molecule has 1 heterocycles. The first kappa shape index (κ1) is 13.2. The lowest BCUT2D eigenvalue weighted by atomic mass is 10.1. The largest absolute Gasteiger partial charge is 0.329 e. The number of fused-ring (bicyclic) bond motifs is 1. The van der Waals surface area contributed by atoms with Gasteiger partial charge in [-0.3, -0.25) is 0 Å². The molecule has 0 aliphatic heterocycles. The molecule has 1 aromatic heterocycles. The molecule has 2 heteroatoms. The zero-order valence-electron chi connectivity index (χ0n) is 12.6. The van der Waals surface area contributed by atoms with E-state index < -0.39 is 0 Å². The van der Waals surface area contributed by atoms with Crippen molar-refractivity contribution in [3.8, 4) is 0 Å². The second kappa shape index (κ2) is 5.28. The number of aromatic nitrogens is 1. The van der Waals surface area contributed by atoms with Gasteiger partial charge >= 0.3 is 0 Å². The first-order valence-corrected chi connectivity index (χ1v) is 7.46. The van der Waals surface area contributed by atoms with Gasteiger partial charge in [-0.05, 0) is 60.1 Å². The zero-order chi connectivity index (χ0) is 14.1. The highest BCUT2D eigenvalue weighted by molar-refractivity contribution is 5.61. The first-order chi connectivity index (χ1) is 9.65. The summed E-state index contributed by atoms with van der Waals surface area (Å²) in [5.74, 6) is 1.54. The lowest BCUT2D eigenvalue weighted by molar-refractivity contribution is 0.857. The Bertz CT molecular complexity index is 599. The van der Waals surface area contributed by atoms with Crippen molar-refractivity contribution in [1.29, 1.82) is 0 Å². The van der Waals surface area contributed by atoms with E-state index in [2.05, 4.69) is 61.1 Å². The van der Waals surface area contributed by atoms with Crippen molar-refractivity contribution in [2.45, 2.75) is 39.0 Å². The second-order valence-corrected chi connectivity index (χ2v) is 5.97. The van der Waals surface area contributed by atoms with Gasteiger partial charge < -0.3 is 4.90 Å². The van der Waals surface area contributed by atoms with Crippen molar-refractivity contribution in [3.63, 3.8) is 0 Å². The van der Waals surface area contributed by atoms with Crippen molar-refractivity contribution >= 4 is 11.5 Å². The Morgan fingerprint density at radius 3 is 2.55 bits per heavy atom. The van der Waals surface area contributed by atoms with Crippen LogP contribution in [0.1, 0.15) is 42.9 Å². The Hall–Kier alpha value is -1.83. The molecule has 1 aliphatic carbocycles. The van der Waals surface area contributed by atoms with Crippen LogP contribution in [-0.4, -0.2) is 12.0 Å². The van der Waals surface area contributed by atoms with Crippen molar-refractivity contribution in [2.75, 3.05) is 11.9 Å².